The van der Waals surface area contributed by atoms with Crippen LogP contribution in [0, 0.1) is 13.8 Å². The highest BCUT2D eigenvalue weighted by molar-refractivity contribution is 6.32. The Bertz CT molecular complexity index is 896. The molecule has 2 aromatic rings. The highest BCUT2D eigenvalue weighted by atomic mass is 35.5. The van der Waals surface area contributed by atoms with Crippen LogP contribution in [0.3, 0.4) is 0 Å². The summed E-state index contributed by atoms with van der Waals surface area (Å²) in [7, 11) is 0. The Morgan fingerprint density at radius 2 is 1.88 bits per heavy atom. The molecule has 5 N–H and O–H groups in total. The molecular weight excluding hydrogens is 348 g/mol. The molecule has 1 atom stereocenters. The number of anilines is 1. The van der Waals surface area contributed by atoms with Crippen molar-refractivity contribution >= 4 is 23.2 Å². The highest BCUT2D eigenvalue weighted by Crippen LogP contribution is 2.25. The van der Waals surface area contributed by atoms with Gasteiger partial charge >= 0.3 is 5.69 Å². The summed E-state index contributed by atoms with van der Waals surface area (Å²) in [5.41, 5.74) is 5.05. The van der Waals surface area contributed by atoms with Gasteiger partial charge in [0.25, 0.3) is 11.5 Å². The van der Waals surface area contributed by atoms with Crippen LogP contribution in [0.5, 0.6) is 5.75 Å². The van der Waals surface area contributed by atoms with E-state index >= 15 is 0 Å². The SMILES string of the molecule is Cc1cc(OCC(C)NC(=O)c2[nH]c(=O)[nH]c(=O)c2N)cc(C)c1Cl. The molecule has 0 spiro atoms. The third-order valence-electron chi connectivity index (χ3n) is 3.49. The number of rotatable bonds is 5. The molecule has 0 aliphatic heterocycles. The molecular formula is C16H19ClN4O4. The maximum atomic E-state index is 12.2. The Labute approximate surface area is 148 Å². The maximum Gasteiger partial charge on any atom is 0.326 e. The Morgan fingerprint density at radius 3 is 2.48 bits per heavy atom. The smallest absolute Gasteiger partial charge is 0.326 e. The number of nitrogens with one attached hydrogen (secondary N) is 3. The van der Waals surface area contributed by atoms with E-state index in [0.717, 1.165) is 11.1 Å². The highest BCUT2D eigenvalue weighted by Gasteiger charge is 2.16. The average molecular weight is 367 g/mol. The number of hydrogen-bond donors (Lipinski definition) is 4. The van der Waals surface area contributed by atoms with E-state index in [1.165, 1.54) is 0 Å². The molecule has 9 heteroatoms. The largest absolute Gasteiger partial charge is 0.491 e. The van der Waals surface area contributed by atoms with Crippen LogP contribution in [0.2, 0.25) is 5.02 Å². The Kier molecular flexibility index (Phi) is 5.53. The number of aromatic amines is 2. The lowest BCUT2D eigenvalue weighted by Gasteiger charge is -2.16. The number of carbonyl (C=O) groups is 1. The van der Waals surface area contributed by atoms with E-state index in [0.29, 0.717) is 10.8 Å². The molecule has 0 aliphatic rings. The van der Waals surface area contributed by atoms with Crippen molar-refractivity contribution in [2.45, 2.75) is 26.8 Å². The molecule has 134 valence electrons. The zero-order valence-electron chi connectivity index (χ0n) is 14.0. The molecule has 1 unspecified atom stereocenters. The molecule has 0 saturated heterocycles. The molecule has 1 aromatic heterocycles. The number of hydrogen-bond acceptors (Lipinski definition) is 5. The van der Waals surface area contributed by atoms with Gasteiger partial charge in [-0.3, -0.25) is 14.6 Å². The monoisotopic (exact) mass is 366 g/mol. The summed E-state index contributed by atoms with van der Waals surface area (Å²) in [5.74, 6) is -0.0372. The fourth-order valence-corrected chi connectivity index (χ4v) is 2.33. The lowest BCUT2D eigenvalue weighted by molar-refractivity contribution is 0.0922. The van der Waals surface area contributed by atoms with Gasteiger partial charge < -0.3 is 20.8 Å². The first-order valence-electron chi connectivity index (χ1n) is 7.51. The first-order chi connectivity index (χ1) is 11.7. The summed E-state index contributed by atoms with van der Waals surface area (Å²) >= 11 is 6.11. The van der Waals surface area contributed by atoms with Crippen molar-refractivity contribution in [1.82, 2.24) is 15.3 Å². The van der Waals surface area contributed by atoms with Crippen LogP contribution >= 0.6 is 11.6 Å². The van der Waals surface area contributed by atoms with E-state index in [1.807, 2.05) is 18.8 Å². The molecule has 0 fully saturated rings. The van der Waals surface area contributed by atoms with Gasteiger partial charge in [-0.05, 0) is 44.0 Å². The number of aromatic nitrogens is 2. The first kappa shape index (κ1) is 18.6. The number of benzene rings is 1. The van der Waals surface area contributed by atoms with Gasteiger partial charge in [-0.2, -0.15) is 0 Å². The van der Waals surface area contributed by atoms with Crippen molar-refractivity contribution in [3.05, 3.63) is 54.8 Å². The number of amides is 1. The molecule has 1 amide bonds. The van der Waals surface area contributed by atoms with Crippen LogP contribution in [0.25, 0.3) is 0 Å². The fraction of sp³-hybridized carbons (Fsp3) is 0.312. The summed E-state index contributed by atoms with van der Waals surface area (Å²) in [5, 5.41) is 3.29. The molecule has 0 bridgehead atoms. The minimum Gasteiger partial charge on any atom is -0.491 e. The van der Waals surface area contributed by atoms with E-state index in [-0.39, 0.29) is 18.0 Å². The number of halogens is 1. The fourth-order valence-electron chi connectivity index (χ4n) is 2.22. The van der Waals surface area contributed by atoms with Gasteiger partial charge in [0.05, 0.1) is 6.04 Å². The van der Waals surface area contributed by atoms with Gasteiger partial charge in [0.1, 0.15) is 23.7 Å². The van der Waals surface area contributed by atoms with Crippen LogP contribution in [-0.4, -0.2) is 28.5 Å². The lowest BCUT2D eigenvalue weighted by Crippen LogP contribution is -2.40. The van der Waals surface area contributed by atoms with Crippen molar-refractivity contribution in [1.29, 1.82) is 0 Å². The molecule has 2 rings (SSSR count). The third-order valence-corrected chi connectivity index (χ3v) is 4.09. The van der Waals surface area contributed by atoms with Crippen molar-refractivity contribution in [3.8, 4) is 5.75 Å². The molecule has 1 heterocycles. The zero-order chi connectivity index (χ0) is 18.7. The first-order valence-corrected chi connectivity index (χ1v) is 7.89. The van der Waals surface area contributed by atoms with E-state index in [2.05, 4.69) is 10.3 Å². The van der Waals surface area contributed by atoms with Gasteiger partial charge in [0.15, 0.2) is 0 Å². The van der Waals surface area contributed by atoms with Gasteiger partial charge in [0.2, 0.25) is 0 Å². The third kappa shape index (κ3) is 4.42. The molecule has 0 radical (unpaired) electrons. The number of aryl methyl sites for hydroxylation is 2. The Morgan fingerprint density at radius 1 is 1.28 bits per heavy atom. The Hall–Kier alpha value is -2.74. The summed E-state index contributed by atoms with van der Waals surface area (Å²) in [4.78, 5) is 39.0. The summed E-state index contributed by atoms with van der Waals surface area (Å²) in [6, 6.07) is 3.21. The summed E-state index contributed by atoms with van der Waals surface area (Å²) in [6.45, 7) is 5.65. The summed E-state index contributed by atoms with van der Waals surface area (Å²) in [6.07, 6.45) is 0. The van der Waals surface area contributed by atoms with Crippen molar-refractivity contribution < 1.29 is 9.53 Å². The van der Waals surface area contributed by atoms with E-state index < -0.39 is 23.2 Å². The van der Waals surface area contributed by atoms with Crippen molar-refractivity contribution in [2.75, 3.05) is 12.3 Å². The van der Waals surface area contributed by atoms with Crippen LogP contribution in [-0.2, 0) is 0 Å². The zero-order valence-corrected chi connectivity index (χ0v) is 14.8. The quantitative estimate of drug-likeness (QED) is 0.629. The minimum absolute atomic E-state index is 0.180. The van der Waals surface area contributed by atoms with Crippen LogP contribution in [0.1, 0.15) is 28.5 Å². The van der Waals surface area contributed by atoms with E-state index in [4.69, 9.17) is 22.1 Å². The van der Waals surface area contributed by atoms with Gasteiger partial charge in [-0.1, -0.05) is 11.6 Å². The second-order valence-corrected chi connectivity index (χ2v) is 6.13. The molecule has 25 heavy (non-hydrogen) atoms. The van der Waals surface area contributed by atoms with Crippen LogP contribution < -0.4 is 27.0 Å². The number of carbonyl (C=O) groups excluding carboxylic acids is 1. The van der Waals surface area contributed by atoms with E-state index in [1.54, 1.807) is 19.1 Å². The average Bonchev–Trinajstić information content (AvgIpc) is 2.53. The lowest BCUT2D eigenvalue weighted by atomic mass is 10.1. The van der Waals surface area contributed by atoms with Gasteiger partial charge in [-0.25, -0.2) is 4.79 Å². The maximum absolute atomic E-state index is 12.2. The second kappa shape index (κ2) is 7.43. The molecule has 8 nitrogen and oxygen atoms in total. The minimum atomic E-state index is -0.815. The predicted molar refractivity (Wildman–Crippen MR) is 95.4 cm³/mol. The van der Waals surface area contributed by atoms with E-state index in [9.17, 15) is 14.4 Å². The number of nitrogens with two attached hydrogens (primary N) is 1. The van der Waals surface area contributed by atoms with Crippen LogP contribution in [0.15, 0.2) is 21.7 Å². The van der Waals surface area contributed by atoms with Crippen LogP contribution in [0.4, 0.5) is 5.69 Å². The number of ether oxygens (including phenoxy) is 1. The van der Waals surface area contributed by atoms with Gasteiger partial charge in [0, 0.05) is 5.02 Å². The van der Waals surface area contributed by atoms with Crippen molar-refractivity contribution in [2.24, 2.45) is 0 Å². The molecule has 0 aliphatic carbocycles. The number of nitrogen functional groups attached to an aromatic ring is 1. The molecule has 1 aromatic carbocycles. The molecule has 0 saturated carbocycles. The number of H-pyrrole nitrogens is 2. The normalized spacial score (nSPS) is 11.8. The second-order valence-electron chi connectivity index (χ2n) is 5.75. The van der Waals surface area contributed by atoms with Gasteiger partial charge in [-0.15, -0.1) is 0 Å². The Balaban J connectivity index is 2.03. The topological polar surface area (TPSA) is 130 Å². The van der Waals surface area contributed by atoms with Crippen molar-refractivity contribution in [3.63, 3.8) is 0 Å². The standard InChI is InChI=1S/C16H19ClN4O4/c1-7-4-10(5-8(2)11(7)17)25-6-9(3)19-15(23)13-12(18)14(22)21-16(24)20-13/h4-5,9H,6,18H2,1-3H3,(H,19,23)(H2,20,21,22,24). The predicted octanol–water partition coefficient (Wildman–Crippen LogP) is 1.11. The summed E-state index contributed by atoms with van der Waals surface area (Å²) < 4.78 is 5.65.